The van der Waals surface area contributed by atoms with Crippen LogP contribution in [0.4, 0.5) is 10.2 Å². The summed E-state index contributed by atoms with van der Waals surface area (Å²) in [6.07, 6.45) is 1.47. The molecule has 1 aromatic carbocycles. The SMILES string of the molecule is CCOC(=O)c1ccc(N(C)Cc2ccc(OC)c(F)c2)nc1. The third-order valence-corrected chi connectivity index (χ3v) is 3.29. The van der Waals surface area contributed by atoms with Crippen molar-refractivity contribution in [2.75, 3.05) is 25.7 Å². The smallest absolute Gasteiger partial charge is 0.339 e. The van der Waals surface area contributed by atoms with E-state index in [1.54, 1.807) is 31.2 Å². The second-order valence-corrected chi connectivity index (χ2v) is 4.95. The van der Waals surface area contributed by atoms with Crippen LogP contribution in [0.5, 0.6) is 5.75 Å². The van der Waals surface area contributed by atoms with Gasteiger partial charge in [-0.1, -0.05) is 6.07 Å². The molecule has 0 spiro atoms. The fourth-order valence-electron chi connectivity index (χ4n) is 2.11. The molecule has 2 rings (SSSR count). The molecule has 1 aromatic heterocycles. The quantitative estimate of drug-likeness (QED) is 0.766. The van der Waals surface area contributed by atoms with Crippen molar-refractivity contribution >= 4 is 11.8 Å². The molecule has 0 N–H and O–H groups in total. The molecule has 23 heavy (non-hydrogen) atoms. The van der Waals surface area contributed by atoms with Gasteiger partial charge in [-0.05, 0) is 36.8 Å². The molecule has 0 unspecified atom stereocenters. The van der Waals surface area contributed by atoms with Gasteiger partial charge in [-0.2, -0.15) is 0 Å². The number of esters is 1. The van der Waals surface area contributed by atoms with Crippen molar-refractivity contribution in [3.63, 3.8) is 0 Å². The van der Waals surface area contributed by atoms with Gasteiger partial charge in [0.25, 0.3) is 0 Å². The number of halogens is 1. The number of benzene rings is 1. The van der Waals surface area contributed by atoms with Crippen molar-refractivity contribution in [2.24, 2.45) is 0 Å². The predicted octanol–water partition coefficient (Wildman–Crippen LogP) is 3.04. The first-order chi connectivity index (χ1) is 11.0. The van der Waals surface area contributed by atoms with E-state index in [1.165, 1.54) is 19.4 Å². The molecule has 0 atom stereocenters. The van der Waals surface area contributed by atoms with Crippen molar-refractivity contribution in [2.45, 2.75) is 13.5 Å². The predicted molar refractivity (Wildman–Crippen MR) is 85.3 cm³/mol. The Balaban J connectivity index is 2.07. The van der Waals surface area contributed by atoms with E-state index in [9.17, 15) is 9.18 Å². The highest BCUT2D eigenvalue weighted by Crippen LogP contribution is 2.20. The van der Waals surface area contributed by atoms with Gasteiger partial charge in [-0.25, -0.2) is 14.2 Å². The van der Waals surface area contributed by atoms with Gasteiger partial charge in [0.15, 0.2) is 11.6 Å². The summed E-state index contributed by atoms with van der Waals surface area (Å²) in [6, 6.07) is 8.21. The molecule has 0 fully saturated rings. The van der Waals surface area contributed by atoms with Crippen molar-refractivity contribution in [1.29, 1.82) is 0 Å². The Bertz CT molecular complexity index is 674. The molecule has 0 aliphatic rings. The zero-order valence-electron chi connectivity index (χ0n) is 13.4. The van der Waals surface area contributed by atoms with Gasteiger partial charge in [-0.15, -0.1) is 0 Å². The average molecular weight is 318 g/mol. The highest BCUT2D eigenvalue weighted by molar-refractivity contribution is 5.89. The average Bonchev–Trinajstić information content (AvgIpc) is 2.55. The third-order valence-electron chi connectivity index (χ3n) is 3.29. The van der Waals surface area contributed by atoms with Crippen LogP contribution in [0.25, 0.3) is 0 Å². The van der Waals surface area contributed by atoms with Gasteiger partial charge in [-0.3, -0.25) is 0 Å². The Kier molecular flexibility index (Phi) is 5.51. The number of methoxy groups -OCH3 is 1. The molecule has 0 aliphatic carbocycles. The van der Waals surface area contributed by atoms with Crippen LogP contribution in [-0.4, -0.2) is 31.7 Å². The molecule has 0 amide bonds. The summed E-state index contributed by atoms with van der Waals surface area (Å²) in [6.45, 7) is 2.55. The normalized spacial score (nSPS) is 10.3. The number of pyridine rings is 1. The van der Waals surface area contributed by atoms with E-state index in [0.29, 0.717) is 24.5 Å². The van der Waals surface area contributed by atoms with E-state index >= 15 is 0 Å². The second-order valence-electron chi connectivity index (χ2n) is 4.95. The Labute approximate surface area is 134 Å². The molecule has 0 aliphatic heterocycles. The Morgan fingerprint density at radius 3 is 2.65 bits per heavy atom. The molecule has 0 saturated heterocycles. The van der Waals surface area contributed by atoms with Crippen molar-refractivity contribution in [3.05, 3.63) is 53.5 Å². The number of hydrogen-bond acceptors (Lipinski definition) is 5. The lowest BCUT2D eigenvalue weighted by Crippen LogP contribution is -2.18. The lowest BCUT2D eigenvalue weighted by Gasteiger charge is -2.18. The Hall–Kier alpha value is -2.63. The monoisotopic (exact) mass is 318 g/mol. The third kappa shape index (κ3) is 4.18. The number of carbonyl (C=O) groups excluding carboxylic acids is 1. The fourth-order valence-corrected chi connectivity index (χ4v) is 2.11. The summed E-state index contributed by atoms with van der Waals surface area (Å²) in [5.41, 5.74) is 1.20. The van der Waals surface area contributed by atoms with E-state index in [0.717, 1.165) is 5.56 Å². The summed E-state index contributed by atoms with van der Waals surface area (Å²) in [7, 11) is 3.27. The maximum Gasteiger partial charge on any atom is 0.339 e. The number of rotatable bonds is 6. The van der Waals surface area contributed by atoms with E-state index < -0.39 is 11.8 Å². The van der Waals surface area contributed by atoms with Gasteiger partial charge >= 0.3 is 5.97 Å². The lowest BCUT2D eigenvalue weighted by atomic mass is 10.2. The lowest BCUT2D eigenvalue weighted by molar-refractivity contribution is 0.0526. The van der Waals surface area contributed by atoms with Crippen molar-refractivity contribution in [3.8, 4) is 5.75 Å². The zero-order chi connectivity index (χ0) is 16.8. The van der Waals surface area contributed by atoms with E-state index in [-0.39, 0.29) is 5.75 Å². The fraction of sp³-hybridized carbons (Fsp3) is 0.294. The number of carbonyl (C=O) groups is 1. The van der Waals surface area contributed by atoms with Crippen LogP contribution in [0.3, 0.4) is 0 Å². The van der Waals surface area contributed by atoms with E-state index in [2.05, 4.69) is 4.98 Å². The minimum atomic E-state index is -0.399. The standard InChI is InChI=1S/C17H19FN2O3/c1-4-23-17(21)13-6-8-16(19-10-13)20(2)11-12-5-7-15(22-3)14(18)9-12/h5-10H,4,11H2,1-3H3. The highest BCUT2D eigenvalue weighted by Gasteiger charge is 2.10. The topological polar surface area (TPSA) is 51.7 Å². The minimum absolute atomic E-state index is 0.216. The largest absolute Gasteiger partial charge is 0.494 e. The molecule has 6 heteroatoms. The van der Waals surface area contributed by atoms with Gasteiger partial charge in [0.2, 0.25) is 0 Å². The maximum atomic E-state index is 13.7. The number of anilines is 1. The molecule has 0 radical (unpaired) electrons. The van der Waals surface area contributed by atoms with Gasteiger partial charge in [0.1, 0.15) is 5.82 Å². The van der Waals surface area contributed by atoms with Gasteiger partial charge in [0, 0.05) is 19.8 Å². The first-order valence-electron chi connectivity index (χ1n) is 7.22. The van der Waals surface area contributed by atoms with E-state index in [1.807, 2.05) is 11.9 Å². The minimum Gasteiger partial charge on any atom is -0.494 e. The maximum absolute atomic E-state index is 13.7. The van der Waals surface area contributed by atoms with Crippen LogP contribution in [0.1, 0.15) is 22.8 Å². The Morgan fingerprint density at radius 1 is 1.30 bits per heavy atom. The van der Waals surface area contributed by atoms with Crippen molar-refractivity contribution in [1.82, 2.24) is 4.98 Å². The van der Waals surface area contributed by atoms with Gasteiger partial charge in [0.05, 0.1) is 19.3 Å². The van der Waals surface area contributed by atoms with Crippen LogP contribution in [-0.2, 0) is 11.3 Å². The number of ether oxygens (including phenoxy) is 2. The summed E-state index contributed by atoms with van der Waals surface area (Å²) in [4.78, 5) is 17.7. The Morgan fingerprint density at radius 2 is 2.09 bits per heavy atom. The molecule has 0 bridgehead atoms. The molecule has 122 valence electrons. The molecule has 5 nitrogen and oxygen atoms in total. The molecule has 0 saturated carbocycles. The number of hydrogen-bond donors (Lipinski definition) is 0. The molecule has 2 aromatic rings. The summed E-state index contributed by atoms with van der Waals surface area (Å²) < 4.78 is 23.5. The summed E-state index contributed by atoms with van der Waals surface area (Å²) >= 11 is 0. The summed E-state index contributed by atoms with van der Waals surface area (Å²) in [5, 5.41) is 0. The van der Waals surface area contributed by atoms with E-state index in [4.69, 9.17) is 9.47 Å². The van der Waals surface area contributed by atoms with Crippen LogP contribution < -0.4 is 9.64 Å². The first-order valence-corrected chi connectivity index (χ1v) is 7.22. The van der Waals surface area contributed by atoms with Crippen LogP contribution >= 0.6 is 0 Å². The van der Waals surface area contributed by atoms with Gasteiger partial charge < -0.3 is 14.4 Å². The zero-order valence-corrected chi connectivity index (χ0v) is 13.4. The van der Waals surface area contributed by atoms with Crippen LogP contribution in [0.2, 0.25) is 0 Å². The molecular formula is C17H19FN2O3. The second kappa shape index (κ2) is 7.58. The molecular weight excluding hydrogens is 299 g/mol. The molecule has 1 heterocycles. The van der Waals surface area contributed by atoms with Crippen LogP contribution in [0.15, 0.2) is 36.5 Å². The summed E-state index contributed by atoms with van der Waals surface area (Å²) in [5.74, 6) is 0.0954. The highest BCUT2D eigenvalue weighted by atomic mass is 19.1. The van der Waals surface area contributed by atoms with Crippen LogP contribution in [0, 0.1) is 5.82 Å². The number of aromatic nitrogens is 1. The first kappa shape index (κ1) is 16.7. The number of nitrogens with zero attached hydrogens (tertiary/aromatic N) is 2. The van der Waals surface area contributed by atoms with Crippen molar-refractivity contribution < 1.29 is 18.7 Å².